The lowest BCUT2D eigenvalue weighted by Gasteiger charge is -2.45. The van der Waals surface area contributed by atoms with E-state index in [-0.39, 0.29) is 0 Å². The highest BCUT2D eigenvalue weighted by molar-refractivity contribution is 5.89. The predicted molar refractivity (Wildman–Crippen MR) is 82.9 cm³/mol. The van der Waals surface area contributed by atoms with Crippen LogP contribution in [0.4, 0.5) is 0 Å². The van der Waals surface area contributed by atoms with Gasteiger partial charge in [0.15, 0.2) is 0 Å². The molecule has 0 amide bonds. The van der Waals surface area contributed by atoms with E-state index in [0.717, 1.165) is 13.1 Å². The predicted octanol–water partition coefficient (Wildman–Crippen LogP) is 2.10. The maximum absolute atomic E-state index is 5.95. The first-order valence-corrected chi connectivity index (χ1v) is 7.66. The van der Waals surface area contributed by atoms with Crippen molar-refractivity contribution in [3.63, 3.8) is 0 Å². The molecule has 1 aromatic heterocycles. The molecule has 1 aliphatic carbocycles. The van der Waals surface area contributed by atoms with E-state index >= 15 is 0 Å². The molecule has 2 aromatic rings. The number of piperidine rings is 1. The molecule has 2 N–H and O–H groups in total. The average molecular weight is 269 g/mol. The molecular formula is C17H23N3. The zero-order valence-electron chi connectivity index (χ0n) is 12.3. The van der Waals surface area contributed by atoms with Crippen molar-refractivity contribution in [3.05, 3.63) is 35.5 Å². The number of hydrogen-bond acceptors (Lipinski definition) is 2. The second kappa shape index (κ2) is 4.34. The Bertz CT molecular complexity index is 658. The minimum Gasteiger partial charge on any atom is -0.350 e. The number of nitrogens with two attached hydrogens (primary N) is 1. The molecule has 1 saturated heterocycles. The van der Waals surface area contributed by atoms with Crippen LogP contribution in [0.15, 0.2) is 24.4 Å². The topological polar surface area (TPSA) is 34.2 Å². The standard InChI is InChI=1S/C17H23N3/c1-19-9-11(8-18)6-14-13-4-3-5-15-17(13)12(7-16(14)19)10-20(15)2/h3-5,10-11,14,16H,6-9,18H2,1-2H3/t11-,14?,16+/m0/s1. The lowest BCUT2D eigenvalue weighted by Crippen LogP contribution is -2.49. The summed E-state index contributed by atoms with van der Waals surface area (Å²) in [6.07, 6.45) is 4.76. The number of aryl methyl sites for hydroxylation is 1. The third-order valence-electron chi connectivity index (χ3n) is 5.45. The lowest BCUT2D eigenvalue weighted by molar-refractivity contribution is 0.115. The zero-order chi connectivity index (χ0) is 13.9. The first-order valence-electron chi connectivity index (χ1n) is 7.66. The van der Waals surface area contributed by atoms with E-state index in [1.807, 2.05) is 0 Å². The molecule has 2 heterocycles. The van der Waals surface area contributed by atoms with Gasteiger partial charge in [0.1, 0.15) is 0 Å². The molecule has 20 heavy (non-hydrogen) atoms. The molecule has 0 bridgehead atoms. The summed E-state index contributed by atoms with van der Waals surface area (Å²) in [6.45, 7) is 1.96. The van der Waals surface area contributed by atoms with Crippen molar-refractivity contribution < 1.29 is 0 Å². The number of hydrogen-bond donors (Lipinski definition) is 1. The molecule has 3 nitrogen and oxygen atoms in total. The first-order chi connectivity index (χ1) is 9.69. The molecule has 1 unspecified atom stereocenters. The number of likely N-dealkylation sites (tertiary alicyclic amines) is 1. The molecule has 1 aliphatic heterocycles. The van der Waals surface area contributed by atoms with Gasteiger partial charge in [0.05, 0.1) is 0 Å². The van der Waals surface area contributed by atoms with E-state index in [0.29, 0.717) is 17.9 Å². The normalized spacial score (nSPS) is 29.6. The Morgan fingerprint density at radius 3 is 2.95 bits per heavy atom. The van der Waals surface area contributed by atoms with Gasteiger partial charge in [-0.3, -0.25) is 0 Å². The van der Waals surface area contributed by atoms with E-state index < -0.39 is 0 Å². The number of rotatable bonds is 1. The molecule has 0 saturated carbocycles. The van der Waals surface area contributed by atoms with E-state index in [1.165, 1.54) is 29.3 Å². The molecule has 3 atom stereocenters. The molecule has 3 heteroatoms. The summed E-state index contributed by atoms with van der Waals surface area (Å²) in [5.74, 6) is 1.29. The van der Waals surface area contributed by atoms with Crippen LogP contribution < -0.4 is 5.73 Å². The smallest absolute Gasteiger partial charge is 0.0483 e. The zero-order valence-corrected chi connectivity index (χ0v) is 12.3. The monoisotopic (exact) mass is 269 g/mol. The van der Waals surface area contributed by atoms with Crippen molar-refractivity contribution in [1.82, 2.24) is 9.47 Å². The van der Waals surface area contributed by atoms with Gasteiger partial charge in [-0.15, -0.1) is 0 Å². The number of aromatic nitrogens is 1. The molecule has 1 aromatic carbocycles. The Labute approximate surface area is 120 Å². The van der Waals surface area contributed by atoms with Gasteiger partial charge in [0.2, 0.25) is 0 Å². The van der Waals surface area contributed by atoms with Crippen LogP contribution in [0.2, 0.25) is 0 Å². The van der Waals surface area contributed by atoms with Gasteiger partial charge in [0.25, 0.3) is 0 Å². The van der Waals surface area contributed by atoms with Gasteiger partial charge in [-0.1, -0.05) is 12.1 Å². The number of benzene rings is 1. The quantitative estimate of drug-likeness (QED) is 0.860. The van der Waals surface area contributed by atoms with E-state index in [4.69, 9.17) is 5.73 Å². The van der Waals surface area contributed by atoms with Crippen molar-refractivity contribution >= 4 is 10.9 Å². The summed E-state index contributed by atoms with van der Waals surface area (Å²) < 4.78 is 2.28. The summed E-state index contributed by atoms with van der Waals surface area (Å²) >= 11 is 0. The largest absolute Gasteiger partial charge is 0.350 e. The lowest BCUT2D eigenvalue weighted by atomic mass is 9.72. The van der Waals surface area contributed by atoms with Crippen molar-refractivity contribution in [2.45, 2.75) is 24.8 Å². The maximum atomic E-state index is 5.95. The van der Waals surface area contributed by atoms with Crippen LogP contribution in [0.1, 0.15) is 23.5 Å². The minimum atomic E-state index is 0.641. The summed E-state index contributed by atoms with van der Waals surface area (Å²) in [6, 6.07) is 7.46. The highest BCUT2D eigenvalue weighted by atomic mass is 15.1. The Morgan fingerprint density at radius 2 is 2.15 bits per heavy atom. The van der Waals surface area contributed by atoms with Gasteiger partial charge in [-0.25, -0.2) is 0 Å². The molecule has 4 rings (SSSR count). The molecule has 106 valence electrons. The fraction of sp³-hybridized carbons (Fsp3) is 0.529. The van der Waals surface area contributed by atoms with Crippen LogP contribution in [-0.2, 0) is 13.5 Å². The number of likely N-dealkylation sites (N-methyl/N-ethyl adjacent to an activating group) is 1. The van der Waals surface area contributed by atoms with E-state index in [9.17, 15) is 0 Å². The molecule has 1 fully saturated rings. The number of fused-ring (bicyclic) bond motifs is 2. The third kappa shape index (κ3) is 1.60. The Morgan fingerprint density at radius 1 is 1.30 bits per heavy atom. The Balaban J connectivity index is 1.89. The van der Waals surface area contributed by atoms with Crippen molar-refractivity contribution in [2.75, 3.05) is 20.1 Å². The van der Waals surface area contributed by atoms with Gasteiger partial charge >= 0.3 is 0 Å². The highest BCUT2D eigenvalue weighted by Gasteiger charge is 2.39. The van der Waals surface area contributed by atoms with Gasteiger partial charge in [0, 0.05) is 42.7 Å². The minimum absolute atomic E-state index is 0.641. The summed E-state index contributed by atoms with van der Waals surface area (Å²) in [5.41, 5.74) is 10.4. The Kier molecular flexibility index (Phi) is 2.69. The van der Waals surface area contributed by atoms with E-state index in [1.54, 1.807) is 5.56 Å². The number of nitrogens with zero attached hydrogens (tertiary/aromatic N) is 2. The Hall–Kier alpha value is -1.32. The summed E-state index contributed by atoms with van der Waals surface area (Å²) in [7, 11) is 4.44. The fourth-order valence-electron chi connectivity index (χ4n) is 4.50. The van der Waals surface area contributed by atoms with Crippen LogP contribution in [0.5, 0.6) is 0 Å². The maximum Gasteiger partial charge on any atom is 0.0483 e. The van der Waals surface area contributed by atoms with Crippen LogP contribution in [0.25, 0.3) is 10.9 Å². The van der Waals surface area contributed by atoms with Gasteiger partial charge in [-0.05, 0) is 49.5 Å². The summed E-state index contributed by atoms with van der Waals surface area (Å²) in [5, 5.41) is 1.52. The second-order valence-electron chi connectivity index (χ2n) is 6.66. The average Bonchev–Trinajstić information content (AvgIpc) is 2.78. The third-order valence-corrected chi connectivity index (χ3v) is 5.45. The van der Waals surface area contributed by atoms with E-state index in [2.05, 4.69) is 48.0 Å². The molecule has 0 spiro atoms. The van der Waals surface area contributed by atoms with Crippen molar-refractivity contribution in [3.8, 4) is 0 Å². The van der Waals surface area contributed by atoms with Crippen molar-refractivity contribution in [1.29, 1.82) is 0 Å². The molecular weight excluding hydrogens is 246 g/mol. The van der Waals surface area contributed by atoms with Crippen LogP contribution in [0, 0.1) is 5.92 Å². The van der Waals surface area contributed by atoms with Gasteiger partial charge in [-0.2, -0.15) is 0 Å². The van der Waals surface area contributed by atoms with Gasteiger partial charge < -0.3 is 15.2 Å². The van der Waals surface area contributed by atoms with Crippen LogP contribution >= 0.6 is 0 Å². The highest BCUT2D eigenvalue weighted by Crippen LogP contribution is 2.44. The fourth-order valence-corrected chi connectivity index (χ4v) is 4.50. The second-order valence-corrected chi connectivity index (χ2v) is 6.66. The first kappa shape index (κ1) is 12.4. The van der Waals surface area contributed by atoms with Crippen LogP contribution in [-0.4, -0.2) is 35.6 Å². The molecule has 0 radical (unpaired) electrons. The van der Waals surface area contributed by atoms with Crippen LogP contribution in [0.3, 0.4) is 0 Å². The summed E-state index contributed by atoms with van der Waals surface area (Å²) in [4.78, 5) is 2.54. The van der Waals surface area contributed by atoms with Crippen molar-refractivity contribution in [2.24, 2.45) is 18.7 Å². The molecule has 2 aliphatic rings. The SMILES string of the molecule is CN1C[C@H](CN)CC2c3cccc4c3c(cn4C)C[C@H]21.